The molecule has 1 fully saturated rings. The van der Waals surface area contributed by atoms with Gasteiger partial charge in [0, 0.05) is 24.7 Å². The molecule has 1 saturated heterocycles. The fraction of sp³-hybridized carbons (Fsp3) is 1.00. The largest absolute Gasteiger partial charge is 0.311 e. The van der Waals surface area contributed by atoms with E-state index in [2.05, 4.69) is 31.0 Å². The second-order valence-corrected chi connectivity index (χ2v) is 11.1. The number of rotatable bonds is 5. The Kier molecular flexibility index (Phi) is 6.28. The van der Waals surface area contributed by atoms with Crippen LogP contribution in [-0.2, 0) is 9.84 Å². The van der Waals surface area contributed by atoms with Crippen molar-refractivity contribution in [3.05, 3.63) is 0 Å². The summed E-state index contributed by atoms with van der Waals surface area (Å²) in [6, 6.07) is 0.466. The summed E-state index contributed by atoms with van der Waals surface area (Å²) >= 11 is 0. The summed E-state index contributed by atoms with van der Waals surface area (Å²) in [5.41, 5.74) is 0.112. The molecular weight excluding hydrogens is 284 g/mol. The van der Waals surface area contributed by atoms with Gasteiger partial charge in [0.15, 0.2) is 9.84 Å². The molecule has 21 heavy (non-hydrogen) atoms. The molecule has 1 aliphatic rings. The summed E-state index contributed by atoms with van der Waals surface area (Å²) in [7, 11) is -3.03. The van der Waals surface area contributed by atoms with E-state index in [1.165, 1.54) is 19.3 Å². The van der Waals surface area contributed by atoms with E-state index in [0.29, 0.717) is 12.6 Å². The van der Waals surface area contributed by atoms with Crippen LogP contribution in [0.2, 0.25) is 0 Å². The van der Waals surface area contributed by atoms with Gasteiger partial charge in [-0.25, -0.2) is 8.42 Å². The van der Waals surface area contributed by atoms with Gasteiger partial charge in [-0.05, 0) is 60.9 Å². The van der Waals surface area contributed by atoms with Crippen molar-refractivity contribution in [2.24, 2.45) is 0 Å². The Hall–Kier alpha value is -0.130. The van der Waals surface area contributed by atoms with E-state index in [1.807, 2.05) is 0 Å². The Morgan fingerprint density at radius 2 is 1.71 bits per heavy atom. The van der Waals surface area contributed by atoms with Gasteiger partial charge in [-0.2, -0.15) is 0 Å². The summed E-state index contributed by atoms with van der Waals surface area (Å²) in [6.07, 6.45) is 3.60. The number of hydrogen-bond donors (Lipinski definition) is 1. The second-order valence-electron chi connectivity index (χ2n) is 8.25. The molecule has 0 bridgehead atoms. The number of likely N-dealkylation sites (tertiary alicyclic amines) is 1. The van der Waals surface area contributed by atoms with Gasteiger partial charge in [0.1, 0.15) is 0 Å². The fourth-order valence-corrected chi connectivity index (χ4v) is 3.64. The molecule has 0 aromatic carbocycles. The quantitative estimate of drug-likeness (QED) is 0.846. The third-order valence-electron chi connectivity index (χ3n) is 4.20. The van der Waals surface area contributed by atoms with Crippen LogP contribution in [0.4, 0.5) is 0 Å². The number of hydrogen-bond acceptors (Lipinski definition) is 4. The lowest BCUT2D eigenvalue weighted by atomic mass is 10.0. The van der Waals surface area contributed by atoms with Crippen molar-refractivity contribution >= 4 is 9.84 Å². The van der Waals surface area contributed by atoms with Gasteiger partial charge in [0.05, 0.1) is 10.5 Å². The molecule has 0 amide bonds. The van der Waals surface area contributed by atoms with Gasteiger partial charge in [-0.3, -0.25) is 4.90 Å². The van der Waals surface area contributed by atoms with Gasteiger partial charge in [0.2, 0.25) is 0 Å². The standard InChI is InChI=1S/C16H34N2O2S/c1-15(2,3)17-13-14-9-7-8-10-18(14)11-12-21(19,20)16(4,5)6/h14,17H,7-13H2,1-6H3. The molecule has 0 spiro atoms. The zero-order valence-electron chi connectivity index (χ0n) is 14.7. The minimum atomic E-state index is -3.03. The average molecular weight is 319 g/mol. The molecule has 0 aliphatic carbocycles. The molecule has 1 unspecified atom stereocenters. The second kappa shape index (κ2) is 6.97. The highest BCUT2D eigenvalue weighted by molar-refractivity contribution is 7.92. The molecule has 0 aromatic rings. The third-order valence-corrected chi connectivity index (χ3v) is 6.78. The van der Waals surface area contributed by atoms with Crippen LogP contribution in [0.1, 0.15) is 60.8 Å². The topological polar surface area (TPSA) is 49.4 Å². The molecule has 0 radical (unpaired) electrons. The Balaban J connectivity index is 2.58. The Morgan fingerprint density at radius 3 is 2.24 bits per heavy atom. The van der Waals surface area contributed by atoms with Crippen LogP contribution in [0.25, 0.3) is 0 Å². The van der Waals surface area contributed by atoms with Crippen molar-refractivity contribution in [2.75, 3.05) is 25.4 Å². The van der Waals surface area contributed by atoms with E-state index >= 15 is 0 Å². The summed E-state index contributed by atoms with van der Waals surface area (Å²) < 4.78 is 23.9. The Labute approximate surface area is 131 Å². The summed E-state index contributed by atoms with van der Waals surface area (Å²) in [5, 5.41) is 3.56. The molecule has 1 aliphatic heterocycles. The fourth-order valence-electron chi connectivity index (χ4n) is 2.55. The van der Waals surface area contributed by atoms with Crippen LogP contribution in [0, 0.1) is 0 Å². The van der Waals surface area contributed by atoms with Crippen molar-refractivity contribution in [2.45, 2.75) is 77.1 Å². The smallest absolute Gasteiger partial charge is 0.156 e. The molecule has 1 N–H and O–H groups in total. The predicted octanol–water partition coefficient (Wildman–Crippen LogP) is 2.44. The molecule has 5 heteroatoms. The zero-order valence-corrected chi connectivity index (χ0v) is 15.5. The van der Waals surface area contributed by atoms with E-state index in [4.69, 9.17) is 0 Å². The Morgan fingerprint density at radius 1 is 1.10 bits per heavy atom. The first-order valence-electron chi connectivity index (χ1n) is 8.14. The van der Waals surface area contributed by atoms with Gasteiger partial charge < -0.3 is 5.32 Å². The summed E-state index contributed by atoms with van der Waals surface area (Å²) in [4.78, 5) is 2.37. The summed E-state index contributed by atoms with van der Waals surface area (Å²) in [5.74, 6) is 0.266. The maximum Gasteiger partial charge on any atom is 0.156 e. The lowest BCUT2D eigenvalue weighted by Gasteiger charge is -2.38. The number of nitrogens with one attached hydrogen (secondary N) is 1. The van der Waals surface area contributed by atoms with Crippen LogP contribution in [0.15, 0.2) is 0 Å². The minimum Gasteiger partial charge on any atom is -0.311 e. The highest BCUT2D eigenvalue weighted by atomic mass is 32.2. The van der Waals surface area contributed by atoms with Crippen LogP contribution >= 0.6 is 0 Å². The maximum atomic E-state index is 12.3. The van der Waals surface area contributed by atoms with Crippen LogP contribution in [-0.4, -0.2) is 55.0 Å². The maximum absolute atomic E-state index is 12.3. The van der Waals surface area contributed by atoms with Crippen LogP contribution in [0.3, 0.4) is 0 Å². The molecule has 4 nitrogen and oxygen atoms in total. The molecule has 1 atom stereocenters. The van der Waals surface area contributed by atoms with Crippen molar-refractivity contribution in [1.29, 1.82) is 0 Å². The molecule has 1 heterocycles. The van der Waals surface area contributed by atoms with Gasteiger partial charge in [-0.15, -0.1) is 0 Å². The van der Waals surface area contributed by atoms with Crippen molar-refractivity contribution in [1.82, 2.24) is 10.2 Å². The van der Waals surface area contributed by atoms with Crippen LogP contribution < -0.4 is 5.32 Å². The zero-order chi connectivity index (χ0) is 16.3. The van der Waals surface area contributed by atoms with E-state index in [1.54, 1.807) is 20.8 Å². The van der Waals surface area contributed by atoms with Crippen LogP contribution in [0.5, 0.6) is 0 Å². The molecule has 126 valence electrons. The lowest BCUT2D eigenvalue weighted by molar-refractivity contribution is 0.146. The lowest BCUT2D eigenvalue weighted by Crippen LogP contribution is -2.51. The molecule has 0 saturated carbocycles. The highest BCUT2D eigenvalue weighted by Gasteiger charge is 2.31. The molecular formula is C16H34N2O2S. The van der Waals surface area contributed by atoms with Gasteiger partial charge in [-0.1, -0.05) is 6.42 Å². The van der Waals surface area contributed by atoms with Gasteiger partial charge in [0.25, 0.3) is 0 Å². The third kappa shape index (κ3) is 6.25. The number of sulfone groups is 1. The summed E-state index contributed by atoms with van der Waals surface area (Å²) in [6.45, 7) is 14.5. The molecule has 0 aromatic heterocycles. The van der Waals surface area contributed by atoms with Crippen molar-refractivity contribution < 1.29 is 8.42 Å². The van der Waals surface area contributed by atoms with E-state index in [0.717, 1.165) is 13.1 Å². The van der Waals surface area contributed by atoms with Crippen molar-refractivity contribution in [3.8, 4) is 0 Å². The SMILES string of the molecule is CC(C)(C)NCC1CCCCN1CCS(=O)(=O)C(C)(C)C. The highest BCUT2D eigenvalue weighted by Crippen LogP contribution is 2.20. The minimum absolute atomic E-state index is 0.112. The average Bonchev–Trinajstić information content (AvgIpc) is 2.32. The monoisotopic (exact) mass is 318 g/mol. The van der Waals surface area contributed by atoms with E-state index in [9.17, 15) is 8.42 Å². The van der Waals surface area contributed by atoms with Gasteiger partial charge >= 0.3 is 0 Å². The number of piperidine rings is 1. The van der Waals surface area contributed by atoms with Crippen molar-refractivity contribution in [3.63, 3.8) is 0 Å². The Bertz CT molecular complexity index is 419. The van der Waals surface area contributed by atoms with E-state index < -0.39 is 14.6 Å². The predicted molar refractivity (Wildman–Crippen MR) is 90.5 cm³/mol. The first-order chi connectivity index (χ1) is 9.42. The normalized spacial score (nSPS) is 22.5. The van der Waals surface area contributed by atoms with E-state index in [-0.39, 0.29) is 11.3 Å². The number of nitrogens with zero attached hydrogens (tertiary/aromatic N) is 1. The molecule has 1 rings (SSSR count). The first kappa shape index (κ1) is 18.9. The first-order valence-corrected chi connectivity index (χ1v) is 9.79.